The van der Waals surface area contributed by atoms with Crippen LogP contribution in [0.5, 0.6) is 0 Å². The van der Waals surface area contributed by atoms with Crippen molar-refractivity contribution in [1.82, 2.24) is 4.90 Å². The number of hydrogen-bond donors (Lipinski definition) is 0. The molecule has 4 nitrogen and oxygen atoms in total. The molecule has 1 saturated heterocycles. The zero-order valence-electron chi connectivity index (χ0n) is 16.8. The summed E-state index contributed by atoms with van der Waals surface area (Å²) in [6, 6.07) is 29.5. The second-order valence-electron chi connectivity index (χ2n) is 7.71. The summed E-state index contributed by atoms with van der Waals surface area (Å²) < 4.78 is 5.29. The van der Waals surface area contributed by atoms with Gasteiger partial charge in [0.1, 0.15) is 6.61 Å². The first-order chi connectivity index (χ1) is 14.7. The van der Waals surface area contributed by atoms with Crippen LogP contribution in [0, 0.1) is 5.92 Å². The Balaban J connectivity index is 1.57. The Hall–Kier alpha value is -3.40. The number of carbonyl (C=O) groups excluding carboxylic acids is 2. The maximum atomic E-state index is 13.6. The molecule has 1 fully saturated rings. The molecule has 4 heteroatoms. The molecule has 0 spiro atoms. The van der Waals surface area contributed by atoms with E-state index >= 15 is 0 Å². The summed E-state index contributed by atoms with van der Waals surface area (Å²) in [5.41, 5.74) is 3.25. The van der Waals surface area contributed by atoms with Gasteiger partial charge in [-0.05, 0) is 36.0 Å². The van der Waals surface area contributed by atoms with E-state index in [1.54, 1.807) is 0 Å². The molecule has 1 aliphatic rings. The summed E-state index contributed by atoms with van der Waals surface area (Å²) in [7, 11) is 0. The summed E-state index contributed by atoms with van der Waals surface area (Å²) >= 11 is 0. The van der Waals surface area contributed by atoms with E-state index in [9.17, 15) is 9.59 Å². The highest BCUT2D eigenvalue weighted by Crippen LogP contribution is 2.24. The Bertz CT molecular complexity index is 931. The smallest absolute Gasteiger partial charge is 0.416 e. The Morgan fingerprint density at radius 3 is 1.77 bits per heavy atom. The highest BCUT2D eigenvalue weighted by atomic mass is 16.6. The molecule has 3 aromatic carbocycles. The van der Waals surface area contributed by atoms with Crippen molar-refractivity contribution in [3.63, 3.8) is 0 Å². The van der Waals surface area contributed by atoms with Gasteiger partial charge in [0.15, 0.2) is 0 Å². The van der Waals surface area contributed by atoms with Crippen LogP contribution in [-0.2, 0) is 28.8 Å². The standard InChI is InChI=1S/C26H25NO3/c28-25(27-24(19-30-26(27)29)18-22-14-8-3-9-15-22)23(16-20-10-4-1-5-11-20)17-21-12-6-2-7-13-21/h1-15,23-24H,16-19H2/t24-/m0/s1. The van der Waals surface area contributed by atoms with Crippen molar-refractivity contribution in [3.8, 4) is 0 Å². The van der Waals surface area contributed by atoms with Crippen LogP contribution >= 0.6 is 0 Å². The Kier molecular flexibility index (Phi) is 6.23. The van der Waals surface area contributed by atoms with Gasteiger partial charge in [-0.1, -0.05) is 91.0 Å². The highest BCUT2D eigenvalue weighted by molar-refractivity contribution is 5.95. The first-order valence-corrected chi connectivity index (χ1v) is 10.3. The molecule has 152 valence electrons. The van der Waals surface area contributed by atoms with Crippen molar-refractivity contribution in [2.24, 2.45) is 5.92 Å². The molecular formula is C26H25NO3. The van der Waals surface area contributed by atoms with Gasteiger partial charge in [0.05, 0.1) is 6.04 Å². The fourth-order valence-corrected chi connectivity index (χ4v) is 4.01. The second-order valence-corrected chi connectivity index (χ2v) is 7.71. The van der Waals surface area contributed by atoms with Gasteiger partial charge in [-0.15, -0.1) is 0 Å². The highest BCUT2D eigenvalue weighted by Gasteiger charge is 2.40. The maximum Gasteiger partial charge on any atom is 0.416 e. The number of amides is 2. The van der Waals surface area contributed by atoms with E-state index in [1.165, 1.54) is 4.90 Å². The largest absolute Gasteiger partial charge is 0.447 e. The van der Waals surface area contributed by atoms with Crippen molar-refractivity contribution in [3.05, 3.63) is 108 Å². The number of cyclic esters (lactones) is 1. The molecular weight excluding hydrogens is 374 g/mol. The van der Waals surface area contributed by atoms with Crippen LogP contribution in [0.15, 0.2) is 91.0 Å². The molecule has 4 rings (SSSR count). The van der Waals surface area contributed by atoms with Crippen LogP contribution in [0.25, 0.3) is 0 Å². The fraction of sp³-hybridized carbons (Fsp3) is 0.231. The summed E-state index contributed by atoms with van der Waals surface area (Å²) in [4.78, 5) is 27.4. The molecule has 1 atom stereocenters. The lowest BCUT2D eigenvalue weighted by Gasteiger charge is -2.25. The molecule has 1 heterocycles. The molecule has 0 saturated carbocycles. The number of carbonyl (C=O) groups is 2. The number of hydrogen-bond acceptors (Lipinski definition) is 3. The van der Waals surface area contributed by atoms with E-state index < -0.39 is 6.09 Å². The quantitative estimate of drug-likeness (QED) is 0.580. The molecule has 0 N–H and O–H groups in total. The summed E-state index contributed by atoms with van der Waals surface area (Å²) in [6.45, 7) is 0.239. The van der Waals surface area contributed by atoms with E-state index in [-0.39, 0.29) is 24.5 Å². The summed E-state index contributed by atoms with van der Waals surface area (Å²) in [6.07, 6.45) is 1.22. The number of nitrogens with zero attached hydrogens (tertiary/aromatic N) is 1. The van der Waals surface area contributed by atoms with E-state index in [1.807, 2.05) is 91.0 Å². The van der Waals surface area contributed by atoms with Gasteiger partial charge in [-0.3, -0.25) is 4.79 Å². The normalized spacial score (nSPS) is 16.0. The molecule has 0 aliphatic carbocycles. The second kappa shape index (κ2) is 9.40. The summed E-state index contributed by atoms with van der Waals surface area (Å²) in [5.74, 6) is -0.495. The van der Waals surface area contributed by atoms with Gasteiger partial charge in [-0.25, -0.2) is 9.69 Å². The van der Waals surface area contributed by atoms with Gasteiger partial charge in [0, 0.05) is 5.92 Å². The lowest BCUT2D eigenvalue weighted by atomic mass is 9.90. The van der Waals surface area contributed by atoms with Crippen molar-refractivity contribution in [2.75, 3.05) is 6.61 Å². The third-order valence-corrected chi connectivity index (χ3v) is 5.51. The van der Waals surface area contributed by atoms with Crippen molar-refractivity contribution >= 4 is 12.0 Å². The molecule has 2 amide bonds. The number of rotatable bonds is 7. The minimum Gasteiger partial charge on any atom is -0.447 e. The third-order valence-electron chi connectivity index (χ3n) is 5.51. The Morgan fingerprint density at radius 1 is 0.800 bits per heavy atom. The van der Waals surface area contributed by atoms with E-state index in [0.717, 1.165) is 16.7 Å². The van der Waals surface area contributed by atoms with Gasteiger partial charge in [-0.2, -0.15) is 0 Å². The van der Waals surface area contributed by atoms with E-state index in [0.29, 0.717) is 19.3 Å². The van der Waals surface area contributed by atoms with E-state index in [4.69, 9.17) is 4.74 Å². The van der Waals surface area contributed by atoms with Crippen molar-refractivity contribution in [1.29, 1.82) is 0 Å². The minimum absolute atomic E-state index is 0.161. The van der Waals surface area contributed by atoms with Crippen LogP contribution in [0.1, 0.15) is 16.7 Å². The molecule has 3 aromatic rings. The average Bonchev–Trinajstić information content (AvgIpc) is 3.15. The summed E-state index contributed by atoms with van der Waals surface area (Å²) in [5, 5.41) is 0. The lowest BCUT2D eigenvalue weighted by Crippen LogP contribution is -2.44. The minimum atomic E-state index is -0.535. The maximum absolute atomic E-state index is 13.6. The van der Waals surface area contributed by atoms with Gasteiger partial charge >= 0.3 is 6.09 Å². The van der Waals surface area contributed by atoms with Crippen molar-refractivity contribution in [2.45, 2.75) is 25.3 Å². The molecule has 0 unspecified atom stereocenters. The Labute approximate surface area is 177 Å². The predicted molar refractivity (Wildman–Crippen MR) is 116 cm³/mol. The topological polar surface area (TPSA) is 46.6 Å². The van der Waals surface area contributed by atoms with Crippen LogP contribution in [0.4, 0.5) is 4.79 Å². The molecule has 1 aliphatic heterocycles. The monoisotopic (exact) mass is 399 g/mol. The first kappa shape index (κ1) is 19.9. The number of ether oxygens (including phenoxy) is 1. The molecule has 0 radical (unpaired) electrons. The van der Waals surface area contributed by atoms with Crippen LogP contribution in [0.2, 0.25) is 0 Å². The van der Waals surface area contributed by atoms with Crippen LogP contribution < -0.4 is 0 Å². The van der Waals surface area contributed by atoms with Gasteiger partial charge < -0.3 is 4.74 Å². The average molecular weight is 399 g/mol. The predicted octanol–water partition coefficient (Wildman–Crippen LogP) is 4.68. The zero-order valence-corrected chi connectivity index (χ0v) is 16.8. The van der Waals surface area contributed by atoms with Crippen molar-refractivity contribution < 1.29 is 14.3 Å². The van der Waals surface area contributed by atoms with Crippen LogP contribution in [0.3, 0.4) is 0 Å². The fourth-order valence-electron chi connectivity index (χ4n) is 4.01. The number of imide groups is 1. The SMILES string of the molecule is O=C1OC[C@H](Cc2ccccc2)N1C(=O)C(Cc1ccccc1)Cc1ccccc1. The third kappa shape index (κ3) is 4.77. The van der Waals surface area contributed by atoms with Gasteiger partial charge in [0.2, 0.25) is 5.91 Å². The van der Waals surface area contributed by atoms with E-state index in [2.05, 4.69) is 0 Å². The van der Waals surface area contributed by atoms with Crippen LogP contribution in [-0.4, -0.2) is 29.5 Å². The molecule has 0 bridgehead atoms. The van der Waals surface area contributed by atoms with Gasteiger partial charge in [0.25, 0.3) is 0 Å². The lowest BCUT2D eigenvalue weighted by molar-refractivity contribution is -0.133. The molecule has 30 heavy (non-hydrogen) atoms. The molecule has 0 aromatic heterocycles. The number of benzene rings is 3. The first-order valence-electron chi connectivity index (χ1n) is 10.3. The zero-order chi connectivity index (χ0) is 20.8. The Morgan fingerprint density at radius 2 is 1.27 bits per heavy atom.